The molecule has 30 heavy (non-hydrogen) atoms. The topological polar surface area (TPSA) is 79.0 Å². The zero-order chi connectivity index (χ0) is 22.3. The van der Waals surface area contributed by atoms with Crippen molar-refractivity contribution in [1.82, 2.24) is 14.5 Å². The van der Waals surface area contributed by atoms with Crippen LogP contribution in [0.1, 0.15) is 35.8 Å². The summed E-state index contributed by atoms with van der Waals surface area (Å²) in [7, 11) is 1.89. The van der Waals surface area contributed by atoms with Gasteiger partial charge in [0.1, 0.15) is 5.75 Å². The Hall–Kier alpha value is -2.42. The normalized spacial score (nSPS) is 12.8. The van der Waals surface area contributed by atoms with E-state index in [0.29, 0.717) is 25.2 Å². The van der Waals surface area contributed by atoms with Gasteiger partial charge in [0.15, 0.2) is 0 Å². The van der Waals surface area contributed by atoms with Crippen molar-refractivity contribution in [2.45, 2.75) is 24.8 Å². The first-order chi connectivity index (χ1) is 14.2. The van der Waals surface area contributed by atoms with Gasteiger partial charge in [-0.2, -0.15) is 4.31 Å². The van der Waals surface area contributed by atoms with E-state index in [9.17, 15) is 13.2 Å². The number of benzene rings is 2. The van der Waals surface area contributed by atoms with Crippen molar-refractivity contribution in [3.05, 3.63) is 59.7 Å². The van der Waals surface area contributed by atoms with Crippen molar-refractivity contribution >= 4 is 15.9 Å². The molecule has 8 heteroatoms. The number of carbonyl (C=O) groups is 1. The lowest BCUT2D eigenvalue weighted by atomic mass is 10.1. The molecule has 0 heterocycles. The van der Waals surface area contributed by atoms with E-state index in [1.807, 2.05) is 43.3 Å². The monoisotopic (exact) mass is 433 g/mol. The predicted octanol–water partition coefficient (Wildman–Crippen LogP) is 2.76. The maximum Gasteiger partial charge on any atom is 0.251 e. The van der Waals surface area contributed by atoms with Gasteiger partial charge in [0.2, 0.25) is 10.0 Å². The maximum absolute atomic E-state index is 12.7. The van der Waals surface area contributed by atoms with Crippen molar-refractivity contribution in [3.63, 3.8) is 0 Å². The summed E-state index contributed by atoms with van der Waals surface area (Å²) in [6.45, 7) is 4.71. The maximum atomic E-state index is 12.7. The smallest absolute Gasteiger partial charge is 0.251 e. The van der Waals surface area contributed by atoms with Crippen LogP contribution in [0, 0.1) is 0 Å². The number of hydrogen-bond donors (Lipinski definition) is 1. The zero-order valence-corrected chi connectivity index (χ0v) is 19.1. The van der Waals surface area contributed by atoms with Crippen LogP contribution in [-0.4, -0.2) is 64.4 Å². The molecule has 0 aliphatic rings. The summed E-state index contributed by atoms with van der Waals surface area (Å²) < 4.78 is 32.1. The highest BCUT2D eigenvalue weighted by Gasteiger charge is 2.23. The number of nitrogens with zero attached hydrogens (tertiary/aromatic N) is 2. The summed E-state index contributed by atoms with van der Waals surface area (Å²) in [5.74, 6) is 0.457. The number of nitrogens with one attached hydrogen (secondary N) is 1. The van der Waals surface area contributed by atoms with Crippen LogP contribution >= 0.6 is 0 Å². The number of methoxy groups -OCH3 is 1. The zero-order valence-electron chi connectivity index (χ0n) is 18.3. The first-order valence-corrected chi connectivity index (χ1v) is 11.4. The molecule has 0 aliphatic heterocycles. The van der Waals surface area contributed by atoms with E-state index >= 15 is 0 Å². The fourth-order valence-corrected chi connectivity index (χ4v) is 4.73. The Balaban J connectivity index is 2.16. The number of sulfonamides is 1. The molecule has 1 atom stereocenters. The Bertz CT molecular complexity index is 939. The van der Waals surface area contributed by atoms with Gasteiger partial charge < -0.3 is 15.0 Å². The molecule has 0 bridgehead atoms. The Morgan fingerprint density at radius 1 is 1.07 bits per heavy atom. The fourth-order valence-electron chi connectivity index (χ4n) is 3.23. The van der Waals surface area contributed by atoms with Crippen molar-refractivity contribution in [3.8, 4) is 5.75 Å². The molecule has 1 unspecified atom stereocenters. The first kappa shape index (κ1) is 23.9. The molecular formula is C22H31N3O4S. The van der Waals surface area contributed by atoms with Gasteiger partial charge in [-0.25, -0.2) is 8.42 Å². The minimum atomic E-state index is -3.62. The summed E-state index contributed by atoms with van der Waals surface area (Å²) in [5.41, 5.74) is 1.36. The predicted molar refractivity (Wildman–Crippen MR) is 118 cm³/mol. The average molecular weight is 434 g/mol. The van der Waals surface area contributed by atoms with Gasteiger partial charge in [-0.15, -0.1) is 0 Å². The third-order valence-electron chi connectivity index (χ3n) is 5.02. The molecule has 0 radical (unpaired) electrons. The molecule has 1 N–H and O–H groups in total. The molecule has 0 saturated carbocycles. The van der Waals surface area contributed by atoms with Crippen LogP contribution in [0.4, 0.5) is 0 Å². The molecule has 1 amide bonds. The number of carbonyl (C=O) groups excluding carboxylic acids is 1. The number of amides is 1. The molecular weight excluding hydrogens is 402 g/mol. The number of likely N-dealkylation sites (N-methyl/N-ethyl adjacent to an activating group) is 1. The Morgan fingerprint density at radius 3 is 2.23 bits per heavy atom. The van der Waals surface area contributed by atoms with Crippen LogP contribution < -0.4 is 10.1 Å². The van der Waals surface area contributed by atoms with E-state index in [0.717, 1.165) is 11.3 Å². The highest BCUT2D eigenvalue weighted by molar-refractivity contribution is 7.89. The van der Waals surface area contributed by atoms with Crippen LogP contribution in [0.25, 0.3) is 0 Å². The van der Waals surface area contributed by atoms with Crippen molar-refractivity contribution in [2.75, 3.05) is 40.8 Å². The van der Waals surface area contributed by atoms with E-state index < -0.39 is 10.0 Å². The van der Waals surface area contributed by atoms with Crippen molar-refractivity contribution in [1.29, 1.82) is 0 Å². The minimum absolute atomic E-state index is 0.0394. The molecule has 164 valence electrons. The van der Waals surface area contributed by atoms with Crippen LogP contribution in [0.2, 0.25) is 0 Å². The molecule has 0 aliphatic carbocycles. The highest BCUT2D eigenvalue weighted by atomic mass is 32.2. The van der Waals surface area contributed by atoms with Gasteiger partial charge in [-0.1, -0.05) is 32.0 Å². The highest BCUT2D eigenvalue weighted by Crippen LogP contribution is 2.21. The molecule has 0 aromatic heterocycles. The third kappa shape index (κ3) is 5.59. The van der Waals surface area contributed by atoms with E-state index in [-0.39, 0.29) is 16.8 Å². The van der Waals surface area contributed by atoms with E-state index in [2.05, 4.69) is 5.32 Å². The third-order valence-corrected chi connectivity index (χ3v) is 7.07. The van der Waals surface area contributed by atoms with E-state index in [4.69, 9.17) is 4.74 Å². The quantitative estimate of drug-likeness (QED) is 0.623. The molecule has 2 rings (SSSR count). The Kier molecular flexibility index (Phi) is 8.40. The molecule has 0 saturated heterocycles. The number of rotatable bonds is 10. The standard InChI is InChI=1S/C22H31N3O4S/c1-6-25(7-2)30(27,28)20-10-8-9-18(15-20)22(26)23-16-21(24(3)4)17-11-13-19(29-5)14-12-17/h8-15,21H,6-7,16H2,1-5H3,(H,23,26). The number of hydrogen-bond acceptors (Lipinski definition) is 5. The second kappa shape index (κ2) is 10.6. The molecule has 0 fully saturated rings. The second-order valence-electron chi connectivity index (χ2n) is 7.08. The van der Waals surface area contributed by atoms with E-state index in [1.165, 1.54) is 16.4 Å². The van der Waals surface area contributed by atoms with Gasteiger partial charge in [0, 0.05) is 25.2 Å². The Labute approximate surface area is 179 Å². The lowest BCUT2D eigenvalue weighted by Gasteiger charge is -2.25. The van der Waals surface area contributed by atoms with Gasteiger partial charge in [0.05, 0.1) is 18.0 Å². The molecule has 0 spiro atoms. The van der Waals surface area contributed by atoms with Crippen LogP contribution in [0.15, 0.2) is 53.4 Å². The Morgan fingerprint density at radius 2 is 1.70 bits per heavy atom. The van der Waals surface area contributed by atoms with Crippen molar-refractivity contribution in [2.24, 2.45) is 0 Å². The van der Waals surface area contributed by atoms with Crippen LogP contribution in [-0.2, 0) is 10.0 Å². The van der Waals surface area contributed by atoms with Crippen molar-refractivity contribution < 1.29 is 17.9 Å². The number of ether oxygens (including phenoxy) is 1. The lowest BCUT2D eigenvalue weighted by molar-refractivity contribution is 0.0941. The second-order valence-corrected chi connectivity index (χ2v) is 9.02. The summed E-state index contributed by atoms with van der Waals surface area (Å²) in [4.78, 5) is 14.9. The van der Waals surface area contributed by atoms with Gasteiger partial charge in [-0.3, -0.25) is 4.79 Å². The first-order valence-electron chi connectivity index (χ1n) is 9.93. The summed E-state index contributed by atoms with van der Waals surface area (Å²) in [5, 5.41) is 2.92. The molecule has 2 aromatic rings. The van der Waals surface area contributed by atoms with Crippen LogP contribution in [0.5, 0.6) is 5.75 Å². The fraction of sp³-hybridized carbons (Fsp3) is 0.409. The average Bonchev–Trinajstić information content (AvgIpc) is 2.74. The summed E-state index contributed by atoms with van der Waals surface area (Å²) in [6.07, 6.45) is 0. The SMILES string of the molecule is CCN(CC)S(=O)(=O)c1cccc(C(=O)NCC(c2ccc(OC)cc2)N(C)C)c1. The van der Waals surface area contributed by atoms with Crippen LogP contribution in [0.3, 0.4) is 0 Å². The summed E-state index contributed by atoms with van der Waals surface area (Å²) >= 11 is 0. The minimum Gasteiger partial charge on any atom is -0.497 e. The largest absolute Gasteiger partial charge is 0.497 e. The lowest BCUT2D eigenvalue weighted by Crippen LogP contribution is -2.35. The molecule has 2 aromatic carbocycles. The van der Waals surface area contributed by atoms with Gasteiger partial charge >= 0.3 is 0 Å². The van der Waals surface area contributed by atoms with E-state index in [1.54, 1.807) is 33.1 Å². The molecule has 7 nitrogen and oxygen atoms in total. The van der Waals surface area contributed by atoms with Gasteiger partial charge in [-0.05, 0) is 50.0 Å². The van der Waals surface area contributed by atoms with Gasteiger partial charge in [0.25, 0.3) is 5.91 Å². The summed E-state index contributed by atoms with van der Waals surface area (Å²) in [6, 6.07) is 13.8.